The minimum absolute atomic E-state index is 0.191. The molecule has 0 bridgehead atoms. The molecule has 0 atom stereocenters. The van der Waals surface area contributed by atoms with E-state index in [4.69, 9.17) is 0 Å². The highest BCUT2D eigenvalue weighted by Crippen LogP contribution is 2.22. The fourth-order valence-corrected chi connectivity index (χ4v) is 2.14. The molecule has 0 radical (unpaired) electrons. The molecule has 1 aromatic carbocycles. The molecule has 0 fully saturated rings. The lowest BCUT2D eigenvalue weighted by Crippen LogP contribution is -2.17. The van der Waals surface area contributed by atoms with Gasteiger partial charge in [-0.3, -0.25) is 4.98 Å². The highest BCUT2D eigenvalue weighted by atomic mass is 79.9. The Morgan fingerprint density at radius 1 is 1.17 bits per heavy atom. The van der Waals surface area contributed by atoms with Gasteiger partial charge in [-0.2, -0.15) is 0 Å². The van der Waals surface area contributed by atoms with Gasteiger partial charge in [-0.1, -0.05) is 22.0 Å². The maximum Gasteiger partial charge on any atom is 0.146 e. The van der Waals surface area contributed by atoms with Crippen molar-refractivity contribution in [2.24, 2.45) is 0 Å². The van der Waals surface area contributed by atoms with Gasteiger partial charge in [-0.15, -0.1) is 0 Å². The highest BCUT2D eigenvalue weighted by molar-refractivity contribution is 9.08. The summed E-state index contributed by atoms with van der Waals surface area (Å²) in [5.41, 5.74) is 2.65. The van der Waals surface area contributed by atoms with Crippen molar-refractivity contribution >= 4 is 21.6 Å². The quantitative estimate of drug-likeness (QED) is 0.800. The number of pyridine rings is 1. The number of rotatable bonds is 4. The van der Waals surface area contributed by atoms with Gasteiger partial charge in [0.1, 0.15) is 5.82 Å². The van der Waals surface area contributed by atoms with Crippen LogP contribution in [0.2, 0.25) is 0 Å². The molecule has 2 rings (SSSR count). The smallest absolute Gasteiger partial charge is 0.146 e. The number of alkyl halides is 1. The second-order valence-electron chi connectivity index (χ2n) is 4.13. The largest absolute Gasteiger partial charge is 0.368 e. The summed E-state index contributed by atoms with van der Waals surface area (Å²) in [5, 5.41) is 0.665. The zero-order valence-electron chi connectivity index (χ0n) is 10.1. The molecule has 0 saturated heterocycles. The molecule has 0 amide bonds. The summed E-state index contributed by atoms with van der Waals surface area (Å²) in [4.78, 5) is 5.86. The Hall–Kier alpha value is -1.42. The lowest BCUT2D eigenvalue weighted by Gasteiger charge is -2.20. The number of nitrogens with zero attached hydrogens (tertiary/aromatic N) is 2. The lowest BCUT2D eigenvalue weighted by molar-refractivity contribution is 0.621. The molecule has 0 unspecified atom stereocenters. The zero-order chi connectivity index (χ0) is 13.0. The number of benzene rings is 1. The topological polar surface area (TPSA) is 16.1 Å². The monoisotopic (exact) mass is 308 g/mol. The first-order valence-electron chi connectivity index (χ1n) is 5.65. The van der Waals surface area contributed by atoms with E-state index in [0.29, 0.717) is 17.6 Å². The van der Waals surface area contributed by atoms with Gasteiger partial charge in [0.15, 0.2) is 0 Å². The van der Waals surface area contributed by atoms with Crippen LogP contribution in [0.25, 0.3) is 0 Å². The zero-order valence-corrected chi connectivity index (χ0v) is 11.7. The number of halogens is 2. The molecule has 1 aromatic heterocycles. The Morgan fingerprint density at radius 2 is 1.89 bits per heavy atom. The van der Waals surface area contributed by atoms with E-state index in [9.17, 15) is 4.39 Å². The van der Waals surface area contributed by atoms with E-state index in [1.807, 2.05) is 36.2 Å². The minimum Gasteiger partial charge on any atom is -0.368 e. The van der Waals surface area contributed by atoms with E-state index in [0.717, 1.165) is 11.1 Å². The average molecular weight is 309 g/mol. The van der Waals surface area contributed by atoms with Crippen LogP contribution >= 0.6 is 15.9 Å². The Kier molecular flexibility index (Phi) is 4.31. The van der Waals surface area contributed by atoms with Crippen LogP contribution in [0.3, 0.4) is 0 Å². The van der Waals surface area contributed by atoms with Crippen LogP contribution < -0.4 is 4.90 Å². The summed E-state index contributed by atoms with van der Waals surface area (Å²) < 4.78 is 13.9. The maximum absolute atomic E-state index is 13.9. The summed E-state index contributed by atoms with van der Waals surface area (Å²) in [6.07, 6.45) is 3.49. The van der Waals surface area contributed by atoms with E-state index in [1.165, 1.54) is 0 Å². The third-order valence-electron chi connectivity index (χ3n) is 2.75. The Labute approximate surface area is 115 Å². The van der Waals surface area contributed by atoms with E-state index >= 15 is 0 Å². The van der Waals surface area contributed by atoms with Crippen molar-refractivity contribution in [3.8, 4) is 0 Å². The summed E-state index contributed by atoms with van der Waals surface area (Å²) in [6.45, 7) is 0.660. The normalized spacial score (nSPS) is 10.4. The number of hydrogen-bond acceptors (Lipinski definition) is 2. The molecule has 0 spiro atoms. The van der Waals surface area contributed by atoms with Crippen molar-refractivity contribution in [2.75, 3.05) is 11.9 Å². The van der Waals surface area contributed by atoms with Crippen LogP contribution in [0.4, 0.5) is 10.1 Å². The molecule has 2 aromatic rings. The summed E-state index contributed by atoms with van der Waals surface area (Å²) in [7, 11) is 1.88. The van der Waals surface area contributed by atoms with Gasteiger partial charge in [0, 0.05) is 31.3 Å². The molecule has 4 heteroatoms. The molecule has 0 aliphatic rings. The van der Waals surface area contributed by atoms with E-state index in [2.05, 4.69) is 20.9 Å². The van der Waals surface area contributed by atoms with Gasteiger partial charge < -0.3 is 4.90 Å². The number of aromatic nitrogens is 1. The predicted molar refractivity (Wildman–Crippen MR) is 75.4 cm³/mol. The van der Waals surface area contributed by atoms with Gasteiger partial charge >= 0.3 is 0 Å². The summed E-state index contributed by atoms with van der Waals surface area (Å²) >= 11 is 3.32. The van der Waals surface area contributed by atoms with Gasteiger partial charge in [0.05, 0.1) is 5.69 Å². The van der Waals surface area contributed by atoms with Crippen LogP contribution in [0.15, 0.2) is 42.7 Å². The molecule has 94 valence electrons. The SMILES string of the molecule is CN(Cc1ccncc1)c1ccc(CBr)cc1F. The first-order chi connectivity index (χ1) is 8.70. The van der Waals surface area contributed by atoms with E-state index < -0.39 is 0 Å². The highest BCUT2D eigenvalue weighted by Gasteiger charge is 2.08. The van der Waals surface area contributed by atoms with Gasteiger partial charge in [0.2, 0.25) is 0 Å². The first kappa shape index (κ1) is 13.0. The molecule has 2 nitrogen and oxygen atoms in total. The molecular weight excluding hydrogens is 295 g/mol. The average Bonchev–Trinajstić information content (AvgIpc) is 2.39. The fourth-order valence-electron chi connectivity index (χ4n) is 1.79. The number of anilines is 1. The third kappa shape index (κ3) is 3.07. The Morgan fingerprint density at radius 3 is 2.50 bits per heavy atom. The lowest BCUT2D eigenvalue weighted by atomic mass is 10.2. The maximum atomic E-state index is 13.9. The Balaban J connectivity index is 2.16. The van der Waals surface area contributed by atoms with Crippen LogP contribution in [-0.4, -0.2) is 12.0 Å². The molecular formula is C14H14BrFN2. The molecule has 0 aliphatic carbocycles. The van der Waals surface area contributed by atoms with Crippen LogP contribution in [0, 0.1) is 5.82 Å². The summed E-state index contributed by atoms with van der Waals surface area (Å²) in [5.74, 6) is -0.191. The Bertz CT molecular complexity index is 516. The molecule has 1 heterocycles. The summed E-state index contributed by atoms with van der Waals surface area (Å²) in [6, 6.07) is 9.17. The van der Waals surface area contributed by atoms with Crippen molar-refractivity contribution < 1.29 is 4.39 Å². The van der Waals surface area contributed by atoms with Crippen molar-refractivity contribution in [2.45, 2.75) is 11.9 Å². The van der Waals surface area contributed by atoms with Crippen molar-refractivity contribution in [1.82, 2.24) is 4.98 Å². The second kappa shape index (κ2) is 5.96. The fraction of sp³-hybridized carbons (Fsp3) is 0.214. The molecule has 0 saturated carbocycles. The van der Waals surface area contributed by atoms with Crippen LogP contribution in [0.1, 0.15) is 11.1 Å². The second-order valence-corrected chi connectivity index (χ2v) is 4.69. The van der Waals surface area contributed by atoms with Gasteiger partial charge in [0.25, 0.3) is 0 Å². The predicted octanol–water partition coefficient (Wildman–Crippen LogP) is 3.75. The minimum atomic E-state index is -0.191. The van der Waals surface area contributed by atoms with E-state index in [1.54, 1.807) is 18.5 Å². The van der Waals surface area contributed by atoms with Crippen molar-refractivity contribution in [1.29, 1.82) is 0 Å². The first-order valence-corrected chi connectivity index (χ1v) is 6.77. The third-order valence-corrected chi connectivity index (χ3v) is 3.39. The molecule has 0 aliphatic heterocycles. The van der Waals surface area contributed by atoms with Crippen LogP contribution in [0.5, 0.6) is 0 Å². The standard InChI is InChI=1S/C14H14BrFN2/c1-18(10-11-4-6-17-7-5-11)14-3-2-12(9-15)8-13(14)16/h2-8H,9-10H2,1H3. The van der Waals surface area contributed by atoms with Crippen molar-refractivity contribution in [3.63, 3.8) is 0 Å². The number of hydrogen-bond donors (Lipinski definition) is 0. The van der Waals surface area contributed by atoms with Crippen LogP contribution in [-0.2, 0) is 11.9 Å². The molecule has 18 heavy (non-hydrogen) atoms. The van der Waals surface area contributed by atoms with Gasteiger partial charge in [-0.25, -0.2) is 4.39 Å². The van der Waals surface area contributed by atoms with Gasteiger partial charge in [-0.05, 0) is 35.4 Å². The molecule has 0 N–H and O–H groups in total. The van der Waals surface area contributed by atoms with Crippen molar-refractivity contribution in [3.05, 3.63) is 59.7 Å². The van der Waals surface area contributed by atoms with E-state index in [-0.39, 0.29) is 5.82 Å².